The van der Waals surface area contributed by atoms with Gasteiger partial charge in [-0.15, -0.1) is 5.10 Å². The molecule has 2 N–H and O–H groups in total. The highest BCUT2D eigenvalue weighted by Gasteiger charge is 2.10. The van der Waals surface area contributed by atoms with Crippen LogP contribution in [0.15, 0.2) is 53.7 Å². The Morgan fingerprint density at radius 2 is 2.00 bits per heavy atom. The molecule has 0 radical (unpaired) electrons. The van der Waals surface area contributed by atoms with Crippen molar-refractivity contribution in [1.82, 2.24) is 15.2 Å². The van der Waals surface area contributed by atoms with Gasteiger partial charge in [0.05, 0.1) is 18.6 Å². The first-order valence-corrected chi connectivity index (χ1v) is 8.84. The van der Waals surface area contributed by atoms with Gasteiger partial charge in [0.15, 0.2) is 0 Å². The summed E-state index contributed by atoms with van der Waals surface area (Å²) in [4.78, 5) is 16.3. The molecule has 0 fully saturated rings. The van der Waals surface area contributed by atoms with E-state index in [1.165, 1.54) is 23.9 Å². The smallest absolute Gasteiger partial charge is 0.234 e. The molecule has 8 heteroatoms. The Morgan fingerprint density at radius 3 is 2.73 bits per heavy atom. The number of anilines is 1. The number of hydrogen-bond acceptors (Lipinski definition) is 5. The number of halogens is 1. The summed E-state index contributed by atoms with van der Waals surface area (Å²) < 4.78 is 18.6. The number of H-pyrrole nitrogens is 1. The van der Waals surface area contributed by atoms with E-state index in [0.717, 1.165) is 11.3 Å². The normalized spacial score (nSPS) is 10.5. The number of aromatic nitrogens is 3. The van der Waals surface area contributed by atoms with E-state index in [-0.39, 0.29) is 17.3 Å². The zero-order chi connectivity index (χ0) is 18.4. The van der Waals surface area contributed by atoms with Gasteiger partial charge >= 0.3 is 0 Å². The van der Waals surface area contributed by atoms with Crippen molar-refractivity contribution >= 4 is 23.4 Å². The van der Waals surface area contributed by atoms with Crippen LogP contribution in [-0.2, 0) is 11.2 Å². The topological polar surface area (TPSA) is 79.9 Å². The maximum absolute atomic E-state index is 13.5. The Morgan fingerprint density at radius 1 is 1.23 bits per heavy atom. The fraction of sp³-hybridized carbons (Fsp3) is 0.167. The second kappa shape index (κ2) is 8.48. The van der Waals surface area contributed by atoms with Crippen LogP contribution in [0, 0.1) is 5.82 Å². The molecule has 0 aliphatic heterocycles. The number of benzene rings is 2. The molecule has 1 aromatic heterocycles. The van der Waals surface area contributed by atoms with Crippen molar-refractivity contribution in [3.63, 3.8) is 0 Å². The first-order valence-electron chi connectivity index (χ1n) is 7.85. The molecular weight excluding hydrogens is 355 g/mol. The molecule has 3 rings (SSSR count). The van der Waals surface area contributed by atoms with Crippen LogP contribution in [0.1, 0.15) is 11.4 Å². The molecule has 0 aliphatic carbocycles. The van der Waals surface area contributed by atoms with Crippen molar-refractivity contribution in [3.05, 3.63) is 65.7 Å². The van der Waals surface area contributed by atoms with Crippen molar-refractivity contribution in [2.45, 2.75) is 11.6 Å². The lowest BCUT2D eigenvalue weighted by Gasteiger charge is -2.04. The number of hydrogen-bond donors (Lipinski definition) is 2. The minimum atomic E-state index is -0.467. The highest BCUT2D eigenvalue weighted by atomic mass is 32.2. The summed E-state index contributed by atoms with van der Waals surface area (Å²) in [6.45, 7) is 0. The Balaban J connectivity index is 1.51. The number of methoxy groups -OCH3 is 1. The summed E-state index contributed by atoms with van der Waals surface area (Å²) in [5, 5.41) is 9.95. The molecule has 1 heterocycles. The summed E-state index contributed by atoms with van der Waals surface area (Å²) in [6, 6.07) is 13.7. The maximum atomic E-state index is 13.5. The molecule has 1 amide bonds. The van der Waals surface area contributed by atoms with E-state index >= 15 is 0 Å². The van der Waals surface area contributed by atoms with Gasteiger partial charge < -0.3 is 10.1 Å². The Bertz CT molecular complexity index is 883. The third-order valence-corrected chi connectivity index (χ3v) is 4.37. The average molecular weight is 372 g/mol. The second-order valence-electron chi connectivity index (χ2n) is 5.41. The number of rotatable bonds is 7. The molecule has 2 aromatic carbocycles. The molecule has 0 saturated carbocycles. The zero-order valence-electron chi connectivity index (χ0n) is 14.0. The van der Waals surface area contributed by atoms with Gasteiger partial charge in [-0.3, -0.25) is 9.89 Å². The van der Waals surface area contributed by atoms with Gasteiger partial charge in [-0.25, -0.2) is 9.37 Å². The molecule has 6 nitrogen and oxygen atoms in total. The lowest BCUT2D eigenvalue weighted by Crippen LogP contribution is -2.15. The Labute approximate surface area is 154 Å². The van der Waals surface area contributed by atoms with Crippen LogP contribution in [0.2, 0.25) is 0 Å². The number of carbonyl (C=O) groups is 1. The van der Waals surface area contributed by atoms with E-state index in [9.17, 15) is 9.18 Å². The van der Waals surface area contributed by atoms with E-state index in [1.807, 2.05) is 24.3 Å². The molecule has 134 valence electrons. The summed E-state index contributed by atoms with van der Waals surface area (Å²) in [6.07, 6.45) is 0.596. The van der Waals surface area contributed by atoms with Crippen LogP contribution in [0.4, 0.5) is 10.1 Å². The highest BCUT2D eigenvalue weighted by Crippen LogP contribution is 2.17. The van der Waals surface area contributed by atoms with Gasteiger partial charge in [-0.2, -0.15) is 0 Å². The van der Waals surface area contributed by atoms with Gasteiger partial charge in [-0.05, 0) is 29.8 Å². The summed E-state index contributed by atoms with van der Waals surface area (Å²) >= 11 is 1.18. The van der Waals surface area contributed by atoms with E-state index in [2.05, 4.69) is 20.5 Å². The minimum absolute atomic E-state index is 0.0914. The first kappa shape index (κ1) is 17.9. The van der Waals surface area contributed by atoms with Crippen LogP contribution in [0.3, 0.4) is 0 Å². The standard InChI is InChI=1S/C18H17FN4O2S/c1-25-13-8-6-12(7-9-13)10-16-21-18(23-22-16)26-11-17(24)20-15-5-3-2-4-14(15)19/h2-9H,10-11H2,1H3,(H,20,24)(H,21,22,23). The van der Waals surface area contributed by atoms with E-state index in [1.54, 1.807) is 19.2 Å². The number of aromatic amines is 1. The van der Waals surface area contributed by atoms with Crippen molar-refractivity contribution in [2.24, 2.45) is 0 Å². The summed E-state index contributed by atoms with van der Waals surface area (Å²) in [5.74, 6) is 0.802. The molecule has 0 aliphatic rings. The van der Waals surface area contributed by atoms with Crippen LogP contribution < -0.4 is 10.1 Å². The highest BCUT2D eigenvalue weighted by molar-refractivity contribution is 7.99. The molecule has 0 saturated heterocycles. The average Bonchev–Trinajstić information content (AvgIpc) is 3.10. The minimum Gasteiger partial charge on any atom is -0.497 e. The fourth-order valence-corrected chi connectivity index (χ4v) is 2.85. The SMILES string of the molecule is COc1ccc(Cc2nc(SCC(=O)Nc3ccccc3F)n[nH]2)cc1. The fourth-order valence-electron chi connectivity index (χ4n) is 2.24. The number of nitrogens with zero attached hydrogens (tertiary/aromatic N) is 2. The maximum Gasteiger partial charge on any atom is 0.234 e. The number of amides is 1. The largest absolute Gasteiger partial charge is 0.497 e. The number of ether oxygens (including phenoxy) is 1. The van der Waals surface area contributed by atoms with E-state index in [0.29, 0.717) is 17.4 Å². The molecule has 3 aromatic rings. The van der Waals surface area contributed by atoms with E-state index in [4.69, 9.17) is 4.74 Å². The molecule has 0 bridgehead atoms. The lowest BCUT2D eigenvalue weighted by atomic mass is 10.1. The van der Waals surface area contributed by atoms with Crippen LogP contribution in [-0.4, -0.2) is 34.0 Å². The quantitative estimate of drug-likeness (QED) is 0.622. The van der Waals surface area contributed by atoms with Crippen LogP contribution in [0.5, 0.6) is 5.75 Å². The van der Waals surface area contributed by atoms with Crippen molar-refractivity contribution < 1.29 is 13.9 Å². The van der Waals surface area contributed by atoms with Gasteiger partial charge in [0.2, 0.25) is 11.1 Å². The predicted molar refractivity (Wildman–Crippen MR) is 97.9 cm³/mol. The Hall–Kier alpha value is -2.87. The summed E-state index contributed by atoms with van der Waals surface area (Å²) in [5.41, 5.74) is 1.23. The third kappa shape index (κ3) is 4.82. The van der Waals surface area contributed by atoms with Crippen molar-refractivity contribution in [3.8, 4) is 5.75 Å². The molecule has 26 heavy (non-hydrogen) atoms. The van der Waals surface area contributed by atoms with E-state index < -0.39 is 5.82 Å². The number of carbonyl (C=O) groups excluding carboxylic acids is 1. The number of nitrogens with one attached hydrogen (secondary N) is 2. The number of thioether (sulfide) groups is 1. The second-order valence-corrected chi connectivity index (χ2v) is 6.35. The van der Waals surface area contributed by atoms with Crippen molar-refractivity contribution in [1.29, 1.82) is 0 Å². The van der Waals surface area contributed by atoms with Crippen LogP contribution in [0.25, 0.3) is 0 Å². The van der Waals surface area contributed by atoms with Gasteiger partial charge in [0, 0.05) is 6.42 Å². The summed E-state index contributed by atoms with van der Waals surface area (Å²) in [7, 11) is 1.62. The van der Waals surface area contributed by atoms with Gasteiger partial charge in [0.25, 0.3) is 0 Å². The lowest BCUT2D eigenvalue weighted by molar-refractivity contribution is -0.113. The Kier molecular flexibility index (Phi) is 5.85. The first-order chi connectivity index (χ1) is 12.6. The monoisotopic (exact) mass is 372 g/mol. The molecule has 0 unspecified atom stereocenters. The molecule has 0 atom stereocenters. The van der Waals surface area contributed by atoms with Crippen LogP contribution >= 0.6 is 11.8 Å². The van der Waals surface area contributed by atoms with Gasteiger partial charge in [0.1, 0.15) is 17.4 Å². The number of para-hydroxylation sites is 1. The molecule has 0 spiro atoms. The zero-order valence-corrected chi connectivity index (χ0v) is 14.8. The third-order valence-electron chi connectivity index (χ3n) is 3.52. The van der Waals surface area contributed by atoms with Gasteiger partial charge in [-0.1, -0.05) is 36.0 Å². The van der Waals surface area contributed by atoms with Crippen molar-refractivity contribution in [2.75, 3.05) is 18.2 Å². The molecular formula is C18H17FN4O2S. The predicted octanol–water partition coefficient (Wildman–Crippen LogP) is 3.27.